The van der Waals surface area contributed by atoms with Crippen LogP contribution in [0, 0.1) is 6.92 Å². The molecule has 0 saturated carbocycles. The summed E-state index contributed by atoms with van der Waals surface area (Å²) in [6, 6.07) is 4.85. The number of nitrogens with one attached hydrogen (secondary N) is 2. The average molecular weight is 321 g/mol. The van der Waals surface area contributed by atoms with Gasteiger partial charge in [-0.2, -0.15) is 18.3 Å². The average Bonchev–Trinajstić information content (AvgIpc) is 2.94. The minimum Gasteiger partial charge on any atom is -0.363 e. The summed E-state index contributed by atoms with van der Waals surface area (Å²) in [5.74, 6) is 1.16. The van der Waals surface area contributed by atoms with Crippen molar-refractivity contribution in [3.63, 3.8) is 0 Å². The Morgan fingerprint density at radius 2 is 1.83 bits per heavy atom. The van der Waals surface area contributed by atoms with Crippen molar-refractivity contribution in [2.75, 3.05) is 5.32 Å². The zero-order chi connectivity index (χ0) is 16.6. The van der Waals surface area contributed by atoms with E-state index in [0.29, 0.717) is 17.3 Å². The number of aryl methyl sites for hydroxylation is 1. The van der Waals surface area contributed by atoms with Gasteiger partial charge in [0.15, 0.2) is 5.65 Å². The highest BCUT2D eigenvalue weighted by atomic mass is 19.4. The first kappa shape index (κ1) is 15.3. The monoisotopic (exact) mass is 321 g/mol. The van der Waals surface area contributed by atoms with E-state index in [-0.39, 0.29) is 6.04 Å². The van der Waals surface area contributed by atoms with Crippen molar-refractivity contribution in [3.05, 3.63) is 47.4 Å². The summed E-state index contributed by atoms with van der Waals surface area (Å²) in [4.78, 5) is 8.55. The lowest BCUT2D eigenvalue weighted by Gasteiger charge is -2.16. The van der Waals surface area contributed by atoms with Crippen LogP contribution in [0.3, 0.4) is 0 Å². The van der Waals surface area contributed by atoms with Gasteiger partial charge in [0.1, 0.15) is 11.6 Å². The maximum absolute atomic E-state index is 12.6. The zero-order valence-electron chi connectivity index (χ0n) is 12.4. The molecule has 8 heteroatoms. The van der Waals surface area contributed by atoms with E-state index in [0.717, 1.165) is 23.1 Å². The molecule has 0 aliphatic rings. The van der Waals surface area contributed by atoms with Gasteiger partial charge in [0.05, 0.1) is 17.1 Å². The smallest absolute Gasteiger partial charge is 0.363 e. The summed E-state index contributed by atoms with van der Waals surface area (Å²) in [6.07, 6.45) is -2.72. The van der Waals surface area contributed by atoms with Gasteiger partial charge in [-0.25, -0.2) is 9.97 Å². The van der Waals surface area contributed by atoms with E-state index in [2.05, 4.69) is 25.5 Å². The van der Waals surface area contributed by atoms with Crippen LogP contribution in [-0.2, 0) is 6.18 Å². The third-order valence-electron chi connectivity index (χ3n) is 3.51. The van der Waals surface area contributed by atoms with Crippen molar-refractivity contribution in [1.82, 2.24) is 20.2 Å². The van der Waals surface area contributed by atoms with Crippen LogP contribution in [0.1, 0.15) is 29.9 Å². The maximum atomic E-state index is 12.6. The number of aromatic amines is 1. The number of aromatic nitrogens is 4. The highest BCUT2D eigenvalue weighted by Crippen LogP contribution is 2.30. The van der Waals surface area contributed by atoms with Crippen LogP contribution in [0.4, 0.5) is 19.0 Å². The second kappa shape index (κ2) is 5.53. The number of nitrogens with zero attached hydrogens (tertiary/aromatic N) is 3. The molecular formula is C15H14F3N5. The molecule has 1 atom stereocenters. The lowest BCUT2D eigenvalue weighted by Crippen LogP contribution is -2.10. The Morgan fingerprint density at radius 1 is 1.13 bits per heavy atom. The minimum atomic E-state index is -4.33. The fourth-order valence-corrected chi connectivity index (χ4v) is 2.31. The summed E-state index contributed by atoms with van der Waals surface area (Å²) in [7, 11) is 0. The molecule has 0 amide bonds. The molecule has 5 nitrogen and oxygen atoms in total. The highest BCUT2D eigenvalue weighted by molar-refractivity contribution is 5.85. The zero-order valence-corrected chi connectivity index (χ0v) is 12.4. The first-order valence-corrected chi connectivity index (χ1v) is 6.96. The molecule has 0 aliphatic carbocycles. The summed E-state index contributed by atoms with van der Waals surface area (Å²) in [5.41, 5.74) is 0.675. The van der Waals surface area contributed by atoms with E-state index in [9.17, 15) is 13.2 Å². The standard InChI is InChI=1S/C15H14F3N5/c1-8(10-3-5-11(6-4-10)15(16,17)18)20-13-12-7-19-23-14(12)22-9(2)21-13/h3-8H,1-2H3,(H2,19,20,21,22,23)/t8-/m0/s1. The SMILES string of the molecule is Cc1nc(N[C@@H](C)c2ccc(C(F)(F)F)cc2)c2cn[nH]c2n1. The highest BCUT2D eigenvalue weighted by Gasteiger charge is 2.30. The molecule has 0 radical (unpaired) electrons. The van der Waals surface area contributed by atoms with Gasteiger partial charge in [-0.15, -0.1) is 0 Å². The van der Waals surface area contributed by atoms with Gasteiger partial charge in [-0.1, -0.05) is 12.1 Å². The Labute approximate surface area is 130 Å². The molecule has 2 N–H and O–H groups in total. The van der Waals surface area contributed by atoms with Crippen LogP contribution < -0.4 is 5.32 Å². The lowest BCUT2D eigenvalue weighted by molar-refractivity contribution is -0.137. The van der Waals surface area contributed by atoms with Crippen molar-refractivity contribution < 1.29 is 13.2 Å². The van der Waals surface area contributed by atoms with E-state index in [1.165, 1.54) is 12.1 Å². The fourth-order valence-electron chi connectivity index (χ4n) is 2.31. The van der Waals surface area contributed by atoms with Crippen molar-refractivity contribution in [3.8, 4) is 0 Å². The second-order valence-electron chi connectivity index (χ2n) is 5.24. The number of hydrogen-bond donors (Lipinski definition) is 2. The van der Waals surface area contributed by atoms with E-state index in [1.807, 2.05) is 6.92 Å². The van der Waals surface area contributed by atoms with Crippen molar-refractivity contribution >= 4 is 16.9 Å². The van der Waals surface area contributed by atoms with Crippen molar-refractivity contribution in [1.29, 1.82) is 0 Å². The molecule has 1 aromatic carbocycles. The van der Waals surface area contributed by atoms with Gasteiger partial charge in [-0.05, 0) is 31.5 Å². The number of alkyl halides is 3. The maximum Gasteiger partial charge on any atom is 0.416 e. The molecule has 2 heterocycles. The van der Waals surface area contributed by atoms with Gasteiger partial charge in [0, 0.05) is 6.04 Å². The third kappa shape index (κ3) is 3.10. The molecule has 0 spiro atoms. The fraction of sp³-hybridized carbons (Fsp3) is 0.267. The molecule has 0 unspecified atom stereocenters. The Balaban J connectivity index is 1.86. The minimum absolute atomic E-state index is 0.218. The molecule has 0 bridgehead atoms. The van der Waals surface area contributed by atoms with E-state index in [1.54, 1.807) is 13.1 Å². The van der Waals surface area contributed by atoms with E-state index >= 15 is 0 Å². The van der Waals surface area contributed by atoms with Crippen LogP contribution in [0.15, 0.2) is 30.5 Å². The molecule has 3 rings (SSSR count). The molecule has 0 saturated heterocycles. The van der Waals surface area contributed by atoms with Gasteiger partial charge < -0.3 is 5.32 Å². The Morgan fingerprint density at radius 3 is 2.48 bits per heavy atom. The van der Waals surface area contributed by atoms with E-state index in [4.69, 9.17) is 0 Å². The van der Waals surface area contributed by atoms with Gasteiger partial charge in [0.25, 0.3) is 0 Å². The Kier molecular flexibility index (Phi) is 3.67. The Bertz CT molecular complexity index is 823. The summed E-state index contributed by atoms with van der Waals surface area (Å²) in [6.45, 7) is 3.61. The van der Waals surface area contributed by atoms with Crippen molar-refractivity contribution in [2.24, 2.45) is 0 Å². The third-order valence-corrected chi connectivity index (χ3v) is 3.51. The Hall–Kier alpha value is -2.64. The summed E-state index contributed by atoms with van der Waals surface area (Å²) < 4.78 is 37.8. The number of rotatable bonds is 3. The lowest BCUT2D eigenvalue weighted by atomic mass is 10.1. The number of hydrogen-bond acceptors (Lipinski definition) is 4. The van der Waals surface area contributed by atoms with Gasteiger partial charge in [0.2, 0.25) is 0 Å². The summed E-state index contributed by atoms with van der Waals surface area (Å²) in [5, 5.41) is 10.6. The van der Waals surface area contributed by atoms with E-state index < -0.39 is 11.7 Å². The topological polar surface area (TPSA) is 66.5 Å². The molecule has 2 aromatic heterocycles. The summed E-state index contributed by atoms with van der Waals surface area (Å²) >= 11 is 0. The first-order valence-electron chi connectivity index (χ1n) is 6.96. The molecule has 120 valence electrons. The van der Waals surface area contributed by atoms with Crippen LogP contribution in [0.5, 0.6) is 0 Å². The molecule has 0 aliphatic heterocycles. The number of halogens is 3. The molecule has 0 fully saturated rings. The number of H-pyrrole nitrogens is 1. The van der Waals surface area contributed by atoms with Crippen LogP contribution in [0.25, 0.3) is 11.0 Å². The number of anilines is 1. The van der Waals surface area contributed by atoms with Gasteiger partial charge >= 0.3 is 6.18 Å². The first-order chi connectivity index (χ1) is 10.8. The van der Waals surface area contributed by atoms with Crippen LogP contribution in [-0.4, -0.2) is 20.2 Å². The predicted molar refractivity (Wildman–Crippen MR) is 79.9 cm³/mol. The quantitative estimate of drug-likeness (QED) is 0.769. The van der Waals surface area contributed by atoms with Crippen molar-refractivity contribution in [2.45, 2.75) is 26.1 Å². The molecule has 3 aromatic rings. The number of benzene rings is 1. The predicted octanol–water partition coefficient (Wildman–Crippen LogP) is 3.85. The molecular weight excluding hydrogens is 307 g/mol. The van der Waals surface area contributed by atoms with Gasteiger partial charge in [-0.3, -0.25) is 5.10 Å². The van der Waals surface area contributed by atoms with Crippen LogP contribution in [0.2, 0.25) is 0 Å². The largest absolute Gasteiger partial charge is 0.416 e. The van der Waals surface area contributed by atoms with Crippen LogP contribution >= 0.6 is 0 Å². The number of fused-ring (bicyclic) bond motifs is 1. The second-order valence-corrected chi connectivity index (χ2v) is 5.24. The normalized spacial score (nSPS) is 13.3. The molecule has 23 heavy (non-hydrogen) atoms.